The second kappa shape index (κ2) is 5.01. The van der Waals surface area contributed by atoms with E-state index in [1.165, 1.54) is 19.3 Å². The zero-order valence-electron chi connectivity index (χ0n) is 7.64. The van der Waals surface area contributed by atoms with Crippen molar-refractivity contribution in [1.29, 1.82) is 0 Å². The van der Waals surface area contributed by atoms with Crippen molar-refractivity contribution in [2.45, 2.75) is 32.6 Å². The molecule has 3 nitrogen and oxygen atoms in total. The van der Waals surface area contributed by atoms with Crippen LogP contribution in [0.4, 0.5) is 4.79 Å². The molecule has 0 aliphatic heterocycles. The molecule has 1 aliphatic rings. The van der Waals surface area contributed by atoms with Gasteiger partial charge in [0, 0.05) is 6.54 Å². The maximum absolute atomic E-state index is 10.8. The Morgan fingerprint density at radius 2 is 2.33 bits per heavy atom. The summed E-state index contributed by atoms with van der Waals surface area (Å²) in [5.74, 6) is 0.953. The molecule has 1 amide bonds. The summed E-state index contributed by atoms with van der Waals surface area (Å²) in [5, 5.41) is 2.71. The van der Waals surface area contributed by atoms with Gasteiger partial charge in [-0.3, -0.25) is 0 Å². The van der Waals surface area contributed by atoms with Crippen LogP contribution >= 0.6 is 0 Å². The first-order valence-corrected chi connectivity index (χ1v) is 4.73. The van der Waals surface area contributed by atoms with Gasteiger partial charge in [-0.25, -0.2) is 4.79 Å². The lowest BCUT2D eigenvalue weighted by atomic mass is 10.2. The van der Waals surface area contributed by atoms with Crippen LogP contribution in [0.25, 0.3) is 0 Å². The number of ether oxygens (including phenoxy) is 1. The molecule has 0 atom stereocenters. The Hall–Kier alpha value is -0.730. The van der Waals surface area contributed by atoms with E-state index in [4.69, 9.17) is 4.74 Å². The molecule has 0 unspecified atom stereocenters. The summed E-state index contributed by atoms with van der Waals surface area (Å²) in [7, 11) is 0. The molecule has 70 valence electrons. The molecular weight excluding hydrogens is 154 g/mol. The Labute approximate surface area is 73.5 Å². The summed E-state index contributed by atoms with van der Waals surface area (Å²) in [4.78, 5) is 10.8. The SMILES string of the molecule is CCOC(=O)NCCCC1CC1. The maximum atomic E-state index is 10.8. The standard InChI is InChI=1S/C9H17NO2/c1-2-12-9(11)10-7-3-4-8-5-6-8/h8H,2-7H2,1H3,(H,10,11). The Morgan fingerprint density at radius 1 is 1.58 bits per heavy atom. The number of hydrogen-bond acceptors (Lipinski definition) is 2. The third-order valence-corrected chi connectivity index (χ3v) is 2.03. The average Bonchev–Trinajstić information content (AvgIpc) is 2.82. The second-order valence-electron chi connectivity index (χ2n) is 3.23. The van der Waals surface area contributed by atoms with Crippen molar-refractivity contribution in [2.75, 3.05) is 13.2 Å². The van der Waals surface area contributed by atoms with Gasteiger partial charge in [-0.2, -0.15) is 0 Å². The highest BCUT2D eigenvalue weighted by molar-refractivity contribution is 5.66. The van der Waals surface area contributed by atoms with Crippen LogP contribution in [0.15, 0.2) is 0 Å². The predicted octanol–water partition coefficient (Wildman–Crippen LogP) is 1.92. The molecule has 0 spiro atoms. The fourth-order valence-electron chi connectivity index (χ4n) is 1.17. The second-order valence-corrected chi connectivity index (χ2v) is 3.23. The third kappa shape index (κ3) is 4.21. The van der Waals surface area contributed by atoms with E-state index in [2.05, 4.69) is 5.32 Å². The van der Waals surface area contributed by atoms with Crippen molar-refractivity contribution in [3.63, 3.8) is 0 Å². The van der Waals surface area contributed by atoms with Gasteiger partial charge < -0.3 is 10.1 Å². The smallest absolute Gasteiger partial charge is 0.407 e. The lowest BCUT2D eigenvalue weighted by Crippen LogP contribution is -2.25. The molecule has 0 aromatic rings. The van der Waals surface area contributed by atoms with Crippen LogP contribution in [0, 0.1) is 5.92 Å². The molecule has 0 aromatic heterocycles. The van der Waals surface area contributed by atoms with Crippen molar-refractivity contribution in [1.82, 2.24) is 5.32 Å². The first-order valence-electron chi connectivity index (χ1n) is 4.73. The molecule has 1 fully saturated rings. The zero-order chi connectivity index (χ0) is 8.81. The Kier molecular flexibility index (Phi) is 3.91. The third-order valence-electron chi connectivity index (χ3n) is 2.03. The molecule has 1 saturated carbocycles. The number of alkyl carbamates (subject to hydrolysis) is 1. The summed E-state index contributed by atoms with van der Waals surface area (Å²) in [6.45, 7) is 3.02. The minimum atomic E-state index is -0.284. The van der Waals surface area contributed by atoms with Crippen LogP contribution in [-0.4, -0.2) is 19.2 Å². The molecule has 0 radical (unpaired) electrons. The molecule has 1 N–H and O–H groups in total. The summed E-state index contributed by atoms with van der Waals surface area (Å²) in [5.41, 5.74) is 0. The molecule has 0 heterocycles. The first kappa shape index (κ1) is 9.36. The largest absolute Gasteiger partial charge is 0.450 e. The number of hydrogen-bond donors (Lipinski definition) is 1. The fraction of sp³-hybridized carbons (Fsp3) is 0.889. The predicted molar refractivity (Wildman–Crippen MR) is 47.0 cm³/mol. The van der Waals surface area contributed by atoms with Crippen molar-refractivity contribution in [2.24, 2.45) is 5.92 Å². The molecule has 0 aromatic carbocycles. The van der Waals surface area contributed by atoms with Crippen LogP contribution in [0.2, 0.25) is 0 Å². The number of amides is 1. The Balaban J connectivity index is 1.83. The van der Waals surface area contributed by atoms with E-state index >= 15 is 0 Å². The van der Waals surface area contributed by atoms with Crippen molar-refractivity contribution >= 4 is 6.09 Å². The number of rotatable bonds is 5. The van der Waals surface area contributed by atoms with Crippen LogP contribution in [-0.2, 0) is 4.74 Å². The van der Waals surface area contributed by atoms with Crippen LogP contribution in [0.3, 0.4) is 0 Å². The van der Waals surface area contributed by atoms with E-state index in [0.717, 1.165) is 18.9 Å². The average molecular weight is 171 g/mol. The normalized spacial score (nSPS) is 15.8. The lowest BCUT2D eigenvalue weighted by Gasteiger charge is -2.03. The van der Waals surface area contributed by atoms with Gasteiger partial charge in [0.25, 0.3) is 0 Å². The summed E-state index contributed by atoms with van der Waals surface area (Å²) < 4.78 is 4.71. The number of carbonyl (C=O) groups is 1. The molecular formula is C9H17NO2. The van der Waals surface area contributed by atoms with Crippen molar-refractivity contribution < 1.29 is 9.53 Å². The van der Waals surface area contributed by atoms with Gasteiger partial charge in [-0.05, 0) is 25.7 Å². The fourth-order valence-corrected chi connectivity index (χ4v) is 1.17. The summed E-state index contributed by atoms with van der Waals surface area (Å²) in [6.07, 6.45) is 4.84. The van der Waals surface area contributed by atoms with Gasteiger partial charge in [0.2, 0.25) is 0 Å². The van der Waals surface area contributed by atoms with Gasteiger partial charge in [-0.1, -0.05) is 12.8 Å². The van der Waals surface area contributed by atoms with E-state index in [-0.39, 0.29) is 6.09 Å². The van der Waals surface area contributed by atoms with Gasteiger partial charge in [-0.15, -0.1) is 0 Å². The highest BCUT2D eigenvalue weighted by Crippen LogP contribution is 2.33. The van der Waals surface area contributed by atoms with Gasteiger partial charge in [0.1, 0.15) is 0 Å². The number of carbonyl (C=O) groups excluding carboxylic acids is 1. The van der Waals surface area contributed by atoms with E-state index in [1.54, 1.807) is 0 Å². The molecule has 1 rings (SSSR count). The van der Waals surface area contributed by atoms with E-state index in [9.17, 15) is 4.79 Å². The minimum Gasteiger partial charge on any atom is -0.450 e. The minimum absolute atomic E-state index is 0.284. The summed E-state index contributed by atoms with van der Waals surface area (Å²) in [6, 6.07) is 0. The molecule has 1 aliphatic carbocycles. The van der Waals surface area contributed by atoms with E-state index in [0.29, 0.717) is 6.61 Å². The highest BCUT2D eigenvalue weighted by Gasteiger charge is 2.19. The van der Waals surface area contributed by atoms with Gasteiger partial charge in [0.05, 0.1) is 6.61 Å². The van der Waals surface area contributed by atoms with E-state index < -0.39 is 0 Å². The topological polar surface area (TPSA) is 38.3 Å². The molecule has 12 heavy (non-hydrogen) atoms. The van der Waals surface area contributed by atoms with Crippen molar-refractivity contribution in [3.8, 4) is 0 Å². The Morgan fingerprint density at radius 3 is 2.92 bits per heavy atom. The van der Waals surface area contributed by atoms with Crippen LogP contribution < -0.4 is 5.32 Å². The van der Waals surface area contributed by atoms with Gasteiger partial charge in [0.15, 0.2) is 0 Å². The zero-order valence-corrected chi connectivity index (χ0v) is 7.64. The van der Waals surface area contributed by atoms with Crippen LogP contribution in [0.1, 0.15) is 32.6 Å². The monoisotopic (exact) mass is 171 g/mol. The first-order chi connectivity index (χ1) is 5.83. The quantitative estimate of drug-likeness (QED) is 0.642. The molecule has 0 saturated heterocycles. The molecule has 3 heteroatoms. The van der Waals surface area contributed by atoms with E-state index in [1.807, 2.05) is 6.92 Å². The van der Waals surface area contributed by atoms with Gasteiger partial charge >= 0.3 is 6.09 Å². The summed E-state index contributed by atoms with van der Waals surface area (Å²) >= 11 is 0. The maximum Gasteiger partial charge on any atom is 0.407 e. The lowest BCUT2D eigenvalue weighted by molar-refractivity contribution is 0.152. The highest BCUT2D eigenvalue weighted by atomic mass is 16.5. The molecule has 0 bridgehead atoms. The van der Waals surface area contributed by atoms with Crippen LogP contribution in [0.5, 0.6) is 0 Å². The van der Waals surface area contributed by atoms with Crippen molar-refractivity contribution in [3.05, 3.63) is 0 Å². The number of nitrogens with one attached hydrogen (secondary N) is 1. The Bertz CT molecular complexity index is 143.